The van der Waals surface area contributed by atoms with E-state index in [0.717, 1.165) is 10.7 Å². The fourth-order valence-corrected chi connectivity index (χ4v) is 4.47. The average Bonchev–Trinajstić information content (AvgIpc) is 2.93. The molecule has 1 amide bonds. The minimum atomic E-state index is -4.20. The molecule has 0 atom stereocenters. The molecule has 0 aliphatic heterocycles. The Morgan fingerprint density at radius 2 is 1.96 bits per heavy atom. The Hall–Kier alpha value is -1.74. The molecule has 1 heterocycles. The quantitative estimate of drug-likeness (QED) is 0.765. The van der Waals surface area contributed by atoms with Crippen molar-refractivity contribution in [3.63, 3.8) is 0 Å². The third-order valence-electron chi connectivity index (χ3n) is 3.50. The zero-order valence-electron chi connectivity index (χ0n) is 13.5. The van der Waals surface area contributed by atoms with E-state index in [2.05, 4.69) is 21.0 Å². The minimum absolute atomic E-state index is 0.101. The van der Waals surface area contributed by atoms with Gasteiger partial charge in [-0.05, 0) is 54.4 Å². The van der Waals surface area contributed by atoms with Gasteiger partial charge in [0.1, 0.15) is 10.7 Å². The molecule has 0 aliphatic rings. The summed E-state index contributed by atoms with van der Waals surface area (Å²) < 4.78 is 40.4. The highest BCUT2D eigenvalue weighted by Crippen LogP contribution is 2.28. The van der Waals surface area contributed by atoms with E-state index in [1.807, 2.05) is 0 Å². The van der Waals surface area contributed by atoms with Crippen LogP contribution >= 0.6 is 15.9 Å². The van der Waals surface area contributed by atoms with E-state index in [1.54, 1.807) is 20.8 Å². The number of benzene rings is 1. The standard InChI is InChI=1S/C15H17BrFN3O3S/c1-4-19(5-2)15(21)20-9-11(16)14(18-20)24(22,23)13-8-10(3)6-7-12(13)17/h6-9H,4-5H2,1-3H3. The maximum Gasteiger partial charge on any atom is 0.344 e. The highest BCUT2D eigenvalue weighted by atomic mass is 79.9. The van der Waals surface area contributed by atoms with Crippen molar-refractivity contribution >= 4 is 31.8 Å². The lowest BCUT2D eigenvalue weighted by atomic mass is 10.2. The molecule has 0 saturated heterocycles. The molecule has 0 bridgehead atoms. The second kappa shape index (κ2) is 7.02. The number of hydrogen-bond donors (Lipinski definition) is 0. The number of aromatic nitrogens is 2. The fraction of sp³-hybridized carbons (Fsp3) is 0.333. The van der Waals surface area contributed by atoms with Crippen LogP contribution in [0.5, 0.6) is 0 Å². The van der Waals surface area contributed by atoms with E-state index in [9.17, 15) is 17.6 Å². The molecule has 9 heteroatoms. The smallest absolute Gasteiger partial charge is 0.323 e. The lowest BCUT2D eigenvalue weighted by Crippen LogP contribution is -2.34. The van der Waals surface area contributed by atoms with Gasteiger partial charge in [-0.1, -0.05) is 6.07 Å². The lowest BCUT2D eigenvalue weighted by molar-refractivity contribution is 0.201. The summed E-state index contributed by atoms with van der Waals surface area (Å²) in [6, 6.07) is 3.36. The van der Waals surface area contributed by atoms with Crippen LogP contribution in [0.15, 0.2) is 38.8 Å². The third kappa shape index (κ3) is 3.36. The number of amides is 1. The highest BCUT2D eigenvalue weighted by molar-refractivity contribution is 9.10. The van der Waals surface area contributed by atoms with Crippen LogP contribution in [-0.2, 0) is 9.84 Å². The molecule has 1 aromatic heterocycles. The van der Waals surface area contributed by atoms with Crippen LogP contribution in [-0.4, -0.2) is 42.2 Å². The maximum atomic E-state index is 14.0. The topological polar surface area (TPSA) is 72.3 Å². The van der Waals surface area contributed by atoms with Crippen molar-refractivity contribution in [2.24, 2.45) is 0 Å². The van der Waals surface area contributed by atoms with E-state index >= 15 is 0 Å². The third-order valence-corrected chi connectivity index (χ3v) is 6.04. The lowest BCUT2D eigenvalue weighted by Gasteiger charge is -2.17. The van der Waals surface area contributed by atoms with Crippen LogP contribution in [0.1, 0.15) is 19.4 Å². The van der Waals surface area contributed by atoms with Gasteiger partial charge in [-0.3, -0.25) is 0 Å². The summed E-state index contributed by atoms with van der Waals surface area (Å²) in [7, 11) is -4.20. The van der Waals surface area contributed by atoms with Gasteiger partial charge in [0.25, 0.3) is 0 Å². The zero-order chi connectivity index (χ0) is 18.1. The van der Waals surface area contributed by atoms with Gasteiger partial charge in [0.15, 0.2) is 5.03 Å². The molecule has 0 spiro atoms. The number of carbonyl (C=O) groups is 1. The van der Waals surface area contributed by atoms with E-state index in [-0.39, 0.29) is 4.47 Å². The second-order valence-corrected chi connectivity index (χ2v) is 7.81. The van der Waals surface area contributed by atoms with Crippen LogP contribution in [0.3, 0.4) is 0 Å². The number of carbonyl (C=O) groups excluding carboxylic acids is 1. The van der Waals surface area contributed by atoms with Crippen molar-refractivity contribution in [1.29, 1.82) is 0 Å². The van der Waals surface area contributed by atoms with Gasteiger partial charge < -0.3 is 4.90 Å². The van der Waals surface area contributed by atoms with E-state index in [4.69, 9.17) is 0 Å². The van der Waals surface area contributed by atoms with Crippen molar-refractivity contribution < 1.29 is 17.6 Å². The number of hydrogen-bond acceptors (Lipinski definition) is 4. The monoisotopic (exact) mass is 417 g/mol. The van der Waals surface area contributed by atoms with Gasteiger partial charge in [-0.15, -0.1) is 0 Å². The first-order valence-corrected chi connectivity index (χ1v) is 9.55. The van der Waals surface area contributed by atoms with Crippen molar-refractivity contribution in [1.82, 2.24) is 14.7 Å². The predicted octanol–water partition coefficient (Wildman–Crippen LogP) is 3.24. The Kier molecular flexibility index (Phi) is 5.44. The summed E-state index contributed by atoms with van der Waals surface area (Å²) in [5.74, 6) is -0.864. The van der Waals surface area contributed by atoms with Crippen molar-refractivity contribution in [3.05, 3.63) is 40.2 Å². The van der Waals surface area contributed by atoms with Gasteiger partial charge in [-0.25, -0.2) is 17.6 Å². The number of sulfone groups is 1. The van der Waals surface area contributed by atoms with Crippen LogP contribution in [0.25, 0.3) is 0 Å². The fourth-order valence-electron chi connectivity index (χ4n) is 2.18. The van der Waals surface area contributed by atoms with Crippen LogP contribution in [0.4, 0.5) is 9.18 Å². The molecule has 0 fully saturated rings. The van der Waals surface area contributed by atoms with Crippen LogP contribution < -0.4 is 0 Å². The molecule has 6 nitrogen and oxygen atoms in total. The number of aryl methyl sites for hydroxylation is 1. The van der Waals surface area contributed by atoms with Crippen molar-refractivity contribution in [3.8, 4) is 0 Å². The van der Waals surface area contributed by atoms with E-state index in [0.29, 0.717) is 18.7 Å². The van der Waals surface area contributed by atoms with Crippen molar-refractivity contribution in [2.45, 2.75) is 30.7 Å². The molecule has 0 N–H and O–H groups in total. The minimum Gasteiger partial charge on any atom is -0.323 e. The zero-order valence-corrected chi connectivity index (χ0v) is 15.9. The summed E-state index contributed by atoms with van der Waals surface area (Å²) in [6.45, 7) is 6.19. The van der Waals surface area contributed by atoms with Gasteiger partial charge in [-0.2, -0.15) is 9.78 Å². The molecule has 0 aliphatic carbocycles. The summed E-state index contributed by atoms with van der Waals surface area (Å²) >= 11 is 3.10. The predicted molar refractivity (Wildman–Crippen MR) is 90.2 cm³/mol. The summed E-state index contributed by atoms with van der Waals surface area (Å²) in [5.41, 5.74) is 0.602. The number of halogens is 2. The van der Waals surface area contributed by atoms with Gasteiger partial charge in [0.05, 0.1) is 10.7 Å². The first-order valence-electron chi connectivity index (χ1n) is 7.28. The normalized spacial score (nSPS) is 11.5. The number of nitrogens with zero attached hydrogens (tertiary/aromatic N) is 3. The van der Waals surface area contributed by atoms with E-state index < -0.39 is 31.6 Å². The SMILES string of the molecule is CCN(CC)C(=O)n1cc(Br)c(S(=O)(=O)c2cc(C)ccc2F)n1. The Bertz CT molecular complexity index is 876. The van der Waals surface area contributed by atoms with Crippen LogP contribution in [0.2, 0.25) is 0 Å². The molecule has 0 unspecified atom stereocenters. The summed E-state index contributed by atoms with van der Waals surface area (Å²) in [6.07, 6.45) is 1.27. The Balaban J connectivity index is 2.53. The van der Waals surface area contributed by atoms with Crippen molar-refractivity contribution in [2.75, 3.05) is 13.1 Å². The Morgan fingerprint density at radius 1 is 1.33 bits per heavy atom. The summed E-state index contributed by atoms with van der Waals surface area (Å²) in [4.78, 5) is 13.3. The molecule has 0 saturated carbocycles. The van der Waals surface area contributed by atoms with E-state index in [1.165, 1.54) is 23.2 Å². The molecular formula is C15H17BrFN3O3S. The highest BCUT2D eigenvalue weighted by Gasteiger charge is 2.29. The molecule has 130 valence electrons. The Labute approximate surface area is 148 Å². The first kappa shape index (κ1) is 18.6. The Morgan fingerprint density at radius 3 is 2.54 bits per heavy atom. The maximum absolute atomic E-state index is 14.0. The van der Waals surface area contributed by atoms with Crippen LogP contribution in [0, 0.1) is 12.7 Å². The molecule has 2 aromatic rings. The average molecular weight is 418 g/mol. The molecule has 1 aromatic carbocycles. The summed E-state index contributed by atoms with van der Waals surface area (Å²) in [5, 5.41) is 3.47. The van der Waals surface area contributed by atoms with Gasteiger partial charge in [0.2, 0.25) is 9.84 Å². The molecular weight excluding hydrogens is 401 g/mol. The molecule has 24 heavy (non-hydrogen) atoms. The number of rotatable bonds is 4. The van der Waals surface area contributed by atoms with Gasteiger partial charge >= 0.3 is 6.03 Å². The first-order chi connectivity index (χ1) is 11.2. The van der Waals surface area contributed by atoms with Gasteiger partial charge in [0, 0.05) is 13.1 Å². The largest absolute Gasteiger partial charge is 0.344 e. The second-order valence-electron chi connectivity index (χ2n) is 5.12. The molecule has 2 rings (SSSR count). The molecule has 0 radical (unpaired) electrons.